The predicted molar refractivity (Wildman–Crippen MR) is 102 cm³/mol. The van der Waals surface area contributed by atoms with E-state index >= 15 is 0 Å². The fourth-order valence-corrected chi connectivity index (χ4v) is 3.82. The summed E-state index contributed by atoms with van der Waals surface area (Å²) >= 11 is 0. The van der Waals surface area contributed by atoms with Gasteiger partial charge in [-0.1, -0.05) is 30.3 Å². The molecule has 0 spiro atoms. The molecule has 0 amide bonds. The van der Waals surface area contributed by atoms with E-state index in [0.717, 1.165) is 56.6 Å². The standard InChI is InChI=1S/C20H22N4O/c1-4-8-18-15(5-1)19-20(22-17-7-3-2-6-16(17)21-19)24(18)10-9-23-11-13-25-14-12-23/h1-8,21-22H,9-14H2. The van der Waals surface area contributed by atoms with Crippen LogP contribution in [0.15, 0.2) is 48.5 Å². The number of nitrogens with zero attached hydrogens (tertiary/aromatic N) is 2. The molecule has 0 radical (unpaired) electrons. The Morgan fingerprint density at radius 1 is 0.840 bits per heavy atom. The summed E-state index contributed by atoms with van der Waals surface area (Å²) in [5.74, 6) is 1.16. The van der Waals surface area contributed by atoms with Crippen LogP contribution in [0.1, 0.15) is 0 Å². The van der Waals surface area contributed by atoms with Gasteiger partial charge in [0.25, 0.3) is 0 Å². The molecule has 5 rings (SSSR count). The van der Waals surface area contributed by atoms with Crippen LogP contribution < -0.4 is 10.6 Å². The van der Waals surface area contributed by atoms with E-state index in [1.54, 1.807) is 0 Å². The zero-order valence-electron chi connectivity index (χ0n) is 14.2. The number of fused-ring (bicyclic) bond motifs is 4. The van der Waals surface area contributed by atoms with Crippen LogP contribution in [0.3, 0.4) is 0 Å². The van der Waals surface area contributed by atoms with E-state index < -0.39 is 0 Å². The summed E-state index contributed by atoms with van der Waals surface area (Å²) in [5.41, 5.74) is 4.71. The van der Waals surface area contributed by atoms with Crippen LogP contribution in [-0.4, -0.2) is 42.3 Å². The van der Waals surface area contributed by atoms with Crippen molar-refractivity contribution in [3.05, 3.63) is 48.5 Å². The summed E-state index contributed by atoms with van der Waals surface area (Å²) < 4.78 is 7.87. The summed E-state index contributed by atoms with van der Waals surface area (Å²) in [6.07, 6.45) is 0. The highest BCUT2D eigenvalue weighted by molar-refractivity contribution is 6.06. The molecule has 0 aliphatic carbocycles. The van der Waals surface area contributed by atoms with Gasteiger partial charge in [-0.3, -0.25) is 4.90 Å². The van der Waals surface area contributed by atoms with Crippen molar-refractivity contribution in [2.45, 2.75) is 6.54 Å². The second kappa shape index (κ2) is 6.10. The minimum Gasteiger partial charge on any atom is -0.379 e. The van der Waals surface area contributed by atoms with Crippen molar-refractivity contribution in [1.82, 2.24) is 9.47 Å². The quantitative estimate of drug-likeness (QED) is 0.598. The summed E-state index contributed by atoms with van der Waals surface area (Å²) in [7, 11) is 0. The van der Waals surface area contributed by atoms with Crippen molar-refractivity contribution < 1.29 is 4.74 Å². The SMILES string of the molecule is c1ccc2c(c1)Nc1c(n(CCN3CCOCC3)c3ccccc13)N2. The van der Waals surface area contributed by atoms with Gasteiger partial charge in [0.2, 0.25) is 0 Å². The first-order valence-electron chi connectivity index (χ1n) is 8.94. The lowest BCUT2D eigenvalue weighted by molar-refractivity contribution is 0.0366. The third-order valence-electron chi connectivity index (χ3n) is 5.15. The molecule has 5 nitrogen and oxygen atoms in total. The van der Waals surface area contributed by atoms with Crippen LogP contribution in [0.2, 0.25) is 0 Å². The van der Waals surface area contributed by atoms with Crippen molar-refractivity contribution in [3.63, 3.8) is 0 Å². The molecule has 128 valence electrons. The van der Waals surface area contributed by atoms with E-state index in [4.69, 9.17) is 4.74 Å². The van der Waals surface area contributed by atoms with E-state index in [0.29, 0.717) is 0 Å². The molecule has 2 N–H and O–H groups in total. The summed E-state index contributed by atoms with van der Waals surface area (Å²) in [6, 6.07) is 17.0. The molecule has 3 aromatic rings. The van der Waals surface area contributed by atoms with Crippen LogP contribution >= 0.6 is 0 Å². The Labute approximate surface area is 147 Å². The monoisotopic (exact) mass is 334 g/mol. The van der Waals surface area contributed by atoms with Gasteiger partial charge < -0.3 is 19.9 Å². The van der Waals surface area contributed by atoms with Crippen LogP contribution in [-0.2, 0) is 11.3 Å². The number of hydrogen-bond donors (Lipinski definition) is 2. The van der Waals surface area contributed by atoms with E-state index in [1.807, 2.05) is 0 Å². The van der Waals surface area contributed by atoms with E-state index in [-0.39, 0.29) is 0 Å². The van der Waals surface area contributed by atoms with Crippen molar-refractivity contribution in [2.24, 2.45) is 0 Å². The molecule has 2 aliphatic heterocycles. The van der Waals surface area contributed by atoms with E-state index in [1.165, 1.54) is 16.6 Å². The number of nitrogens with one attached hydrogen (secondary N) is 2. The molecule has 3 heterocycles. The average molecular weight is 334 g/mol. The minimum absolute atomic E-state index is 0.845. The minimum atomic E-state index is 0.845. The summed E-state index contributed by atoms with van der Waals surface area (Å²) in [4.78, 5) is 2.48. The molecule has 0 unspecified atom stereocenters. The molecule has 0 atom stereocenters. The van der Waals surface area contributed by atoms with Crippen LogP contribution in [0.25, 0.3) is 10.9 Å². The van der Waals surface area contributed by atoms with Crippen molar-refractivity contribution in [1.29, 1.82) is 0 Å². The second-order valence-corrected chi connectivity index (χ2v) is 6.64. The topological polar surface area (TPSA) is 41.5 Å². The Bertz CT molecular complexity index is 911. The number of anilines is 4. The lowest BCUT2D eigenvalue weighted by atomic mass is 10.2. The molecular weight excluding hydrogens is 312 g/mol. The Kier molecular flexibility index (Phi) is 3.61. The number of morpholine rings is 1. The van der Waals surface area contributed by atoms with Crippen LogP contribution in [0, 0.1) is 0 Å². The molecule has 2 aliphatic rings. The molecule has 0 bridgehead atoms. The van der Waals surface area contributed by atoms with Crippen molar-refractivity contribution in [2.75, 3.05) is 43.5 Å². The maximum Gasteiger partial charge on any atom is 0.135 e. The molecule has 1 aromatic heterocycles. The first kappa shape index (κ1) is 14.8. The van der Waals surface area contributed by atoms with Gasteiger partial charge in [-0.2, -0.15) is 0 Å². The lowest BCUT2D eigenvalue weighted by Gasteiger charge is -2.28. The van der Waals surface area contributed by atoms with E-state index in [2.05, 4.69) is 68.6 Å². The molecule has 1 saturated heterocycles. The lowest BCUT2D eigenvalue weighted by Crippen LogP contribution is -2.38. The zero-order chi connectivity index (χ0) is 16.6. The fourth-order valence-electron chi connectivity index (χ4n) is 3.82. The third-order valence-corrected chi connectivity index (χ3v) is 5.15. The fraction of sp³-hybridized carbons (Fsp3) is 0.300. The number of ether oxygens (including phenoxy) is 1. The maximum atomic E-state index is 5.47. The van der Waals surface area contributed by atoms with Gasteiger partial charge in [-0.15, -0.1) is 0 Å². The van der Waals surface area contributed by atoms with Gasteiger partial charge in [0.05, 0.1) is 35.8 Å². The van der Waals surface area contributed by atoms with Gasteiger partial charge in [0, 0.05) is 31.6 Å². The molecule has 1 fully saturated rings. The number of aromatic nitrogens is 1. The first-order valence-corrected chi connectivity index (χ1v) is 8.94. The average Bonchev–Trinajstić information content (AvgIpc) is 2.98. The van der Waals surface area contributed by atoms with Gasteiger partial charge in [0.15, 0.2) is 0 Å². The molecule has 0 saturated carbocycles. The molecule has 25 heavy (non-hydrogen) atoms. The normalized spacial score (nSPS) is 16.8. The zero-order valence-corrected chi connectivity index (χ0v) is 14.2. The van der Waals surface area contributed by atoms with Crippen molar-refractivity contribution >= 4 is 33.8 Å². The van der Waals surface area contributed by atoms with Gasteiger partial charge >= 0.3 is 0 Å². The Morgan fingerprint density at radius 2 is 1.56 bits per heavy atom. The Morgan fingerprint density at radius 3 is 2.40 bits per heavy atom. The Hall–Kier alpha value is -2.50. The van der Waals surface area contributed by atoms with Crippen molar-refractivity contribution in [3.8, 4) is 0 Å². The number of benzene rings is 2. The summed E-state index contributed by atoms with van der Waals surface area (Å²) in [5, 5.41) is 8.53. The smallest absolute Gasteiger partial charge is 0.135 e. The highest BCUT2D eigenvalue weighted by atomic mass is 16.5. The third kappa shape index (κ3) is 2.56. The van der Waals surface area contributed by atoms with Gasteiger partial charge in [-0.25, -0.2) is 0 Å². The van der Waals surface area contributed by atoms with Crippen LogP contribution in [0.4, 0.5) is 22.9 Å². The highest BCUT2D eigenvalue weighted by Gasteiger charge is 2.23. The maximum absolute atomic E-state index is 5.47. The second-order valence-electron chi connectivity index (χ2n) is 6.64. The number of para-hydroxylation sites is 3. The Balaban J connectivity index is 1.52. The predicted octanol–water partition coefficient (Wildman–Crippen LogP) is 3.77. The molecular formula is C20H22N4O. The molecule has 5 heteroatoms. The van der Waals surface area contributed by atoms with E-state index in [9.17, 15) is 0 Å². The van der Waals surface area contributed by atoms with Crippen LogP contribution in [0.5, 0.6) is 0 Å². The highest BCUT2D eigenvalue weighted by Crippen LogP contribution is 2.44. The first-order chi connectivity index (χ1) is 12.4. The van der Waals surface area contributed by atoms with Gasteiger partial charge in [-0.05, 0) is 18.2 Å². The van der Waals surface area contributed by atoms with Gasteiger partial charge in [0.1, 0.15) is 5.82 Å². The number of rotatable bonds is 3. The largest absolute Gasteiger partial charge is 0.379 e. The number of hydrogen-bond acceptors (Lipinski definition) is 4. The molecule has 2 aromatic carbocycles. The summed E-state index contributed by atoms with van der Waals surface area (Å²) in [6.45, 7) is 5.74.